The highest BCUT2D eigenvalue weighted by atomic mass is 16.5. The molecular formula is C16H35NO3. The highest BCUT2D eigenvalue weighted by Gasteiger charge is 2.08. The third kappa shape index (κ3) is 17.8. The van der Waals surface area contributed by atoms with Crippen LogP contribution >= 0.6 is 0 Å². The lowest BCUT2D eigenvalue weighted by Gasteiger charge is -2.18. The standard InChI is InChI=1S/C16H35NO3/c1-15(2)6-8-18-10-12-20-13-11-19-9-7-17-14-16(3,4)5/h15,17H,6-14H2,1-5H3. The van der Waals surface area contributed by atoms with Crippen LogP contribution in [0, 0.1) is 11.3 Å². The van der Waals surface area contributed by atoms with Crippen LogP contribution in [0.4, 0.5) is 0 Å². The first-order chi connectivity index (χ1) is 9.42. The molecule has 1 N–H and O–H groups in total. The molecule has 0 saturated carbocycles. The van der Waals surface area contributed by atoms with Crippen molar-refractivity contribution >= 4 is 0 Å². The molecule has 0 aromatic carbocycles. The van der Waals surface area contributed by atoms with E-state index >= 15 is 0 Å². The molecule has 0 rings (SSSR count). The van der Waals surface area contributed by atoms with Gasteiger partial charge in [-0.05, 0) is 17.8 Å². The topological polar surface area (TPSA) is 39.7 Å². The molecule has 0 radical (unpaired) electrons. The lowest BCUT2D eigenvalue weighted by atomic mass is 9.97. The van der Waals surface area contributed by atoms with Gasteiger partial charge in [-0.2, -0.15) is 0 Å². The summed E-state index contributed by atoms with van der Waals surface area (Å²) in [6, 6.07) is 0. The van der Waals surface area contributed by atoms with Crippen LogP contribution in [0.1, 0.15) is 41.0 Å². The SMILES string of the molecule is CC(C)CCOCCOCCOCCNCC(C)(C)C. The van der Waals surface area contributed by atoms with Gasteiger partial charge in [0.15, 0.2) is 0 Å². The van der Waals surface area contributed by atoms with Gasteiger partial charge in [0.25, 0.3) is 0 Å². The summed E-state index contributed by atoms with van der Waals surface area (Å²) in [6.45, 7) is 17.2. The smallest absolute Gasteiger partial charge is 0.0701 e. The Morgan fingerprint density at radius 3 is 1.80 bits per heavy atom. The number of rotatable bonds is 13. The molecule has 0 unspecified atom stereocenters. The van der Waals surface area contributed by atoms with E-state index in [1.165, 1.54) is 0 Å². The fourth-order valence-electron chi connectivity index (χ4n) is 1.47. The molecule has 20 heavy (non-hydrogen) atoms. The maximum Gasteiger partial charge on any atom is 0.0701 e. The van der Waals surface area contributed by atoms with Crippen molar-refractivity contribution in [1.82, 2.24) is 5.32 Å². The zero-order valence-corrected chi connectivity index (χ0v) is 14.2. The fraction of sp³-hybridized carbons (Fsp3) is 1.00. The Morgan fingerprint density at radius 2 is 1.30 bits per heavy atom. The van der Waals surface area contributed by atoms with E-state index in [4.69, 9.17) is 14.2 Å². The molecule has 0 bridgehead atoms. The first-order valence-corrected chi connectivity index (χ1v) is 7.86. The molecule has 122 valence electrons. The van der Waals surface area contributed by atoms with Crippen LogP contribution in [-0.2, 0) is 14.2 Å². The predicted molar refractivity (Wildman–Crippen MR) is 84.2 cm³/mol. The summed E-state index contributed by atoms with van der Waals surface area (Å²) in [5.41, 5.74) is 0.332. The maximum atomic E-state index is 5.48. The minimum absolute atomic E-state index is 0.332. The first-order valence-electron chi connectivity index (χ1n) is 7.86. The fourth-order valence-corrected chi connectivity index (χ4v) is 1.47. The van der Waals surface area contributed by atoms with Gasteiger partial charge in [0.2, 0.25) is 0 Å². The first kappa shape index (κ1) is 19.8. The van der Waals surface area contributed by atoms with E-state index in [9.17, 15) is 0 Å². The minimum atomic E-state index is 0.332. The van der Waals surface area contributed by atoms with E-state index in [1.54, 1.807) is 0 Å². The molecule has 4 heteroatoms. The second-order valence-corrected chi connectivity index (χ2v) is 6.76. The Morgan fingerprint density at radius 1 is 0.800 bits per heavy atom. The highest BCUT2D eigenvalue weighted by molar-refractivity contribution is 4.64. The molecule has 0 aromatic heterocycles. The van der Waals surface area contributed by atoms with Gasteiger partial charge < -0.3 is 19.5 Å². The zero-order valence-electron chi connectivity index (χ0n) is 14.2. The van der Waals surface area contributed by atoms with Crippen molar-refractivity contribution in [2.75, 3.05) is 52.7 Å². The minimum Gasteiger partial charge on any atom is -0.379 e. The molecule has 0 saturated heterocycles. The van der Waals surface area contributed by atoms with E-state index in [1.807, 2.05) is 0 Å². The molecule has 0 spiro atoms. The monoisotopic (exact) mass is 289 g/mol. The van der Waals surface area contributed by atoms with Gasteiger partial charge in [-0.1, -0.05) is 34.6 Å². The van der Waals surface area contributed by atoms with Gasteiger partial charge in [0.05, 0.1) is 33.0 Å². The molecule has 0 heterocycles. The second-order valence-electron chi connectivity index (χ2n) is 6.76. The summed E-state index contributed by atoms with van der Waals surface area (Å²) < 4.78 is 16.4. The number of hydrogen-bond donors (Lipinski definition) is 1. The van der Waals surface area contributed by atoms with E-state index < -0.39 is 0 Å². The van der Waals surface area contributed by atoms with Crippen LogP contribution in [0.2, 0.25) is 0 Å². The van der Waals surface area contributed by atoms with Crippen molar-refractivity contribution in [1.29, 1.82) is 0 Å². The van der Waals surface area contributed by atoms with Crippen molar-refractivity contribution in [2.24, 2.45) is 11.3 Å². The van der Waals surface area contributed by atoms with Crippen LogP contribution < -0.4 is 5.32 Å². The average Bonchev–Trinajstić information content (AvgIpc) is 2.33. The Balaban J connectivity index is 3.03. The maximum absolute atomic E-state index is 5.48. The van der Waals surface area contributed by atoms with E-state index in [-0.39, 0.29) is 0 Å². The largest absolute Gasteiger partial charge is 0.379 e. The Labute approximate surface area is 125 Å². The molecular weight excluding hydrogens is 254 g/mol. The third-order valence-corrected chi connectivity index (χ3v) is 2.66. The van der Waals surface area contributed by atoms with Gasteiger partial charge in [-0.3, -0.25) is 0 Å². The van der Waals surface area contributed by atoms with Gasteiger partial charge >= 0.3 is 0 Å². The summed E-state index contributed by atoms with van der Waals surface area (Å²) in [4.78, 5) is 0. The summed E-state index contributed by atoms with van der Waals surface area (Å²) in [5.74, 6) is 0.705. The molecule has 0 aliphatic heterocycles. The number of nitrogens with one attached hydrogen (secondary N) is 1. The lowest BCUT2D eigenvalue weighted by Crippen LogP contribution is -2.29. The number of ether oxygens (including phenoxy) is 3. The summed E-state index contributed by atoms with van der Waals surface area (Å²) >= 11 is 0. The lowest BCUT2D eigenvalue weighted by molar-refractivity contribution is 0.0132. The molecule has 0 aliphatic carbocycles. The molecule has 0 aliphatic rings. The van der Waals surface area contributed by atoms with Crippen molar-refractivity contribution < 1.29 is 14.2 Å². The second kappa shape index (κ2) is 12.6. The summed E-state index contributed by atoms with van der Waals surface area (Å²) in [5, 5.41) is 3.37. The highest BCUT2D eigenvalue weighted by Crippen LogP contribution is 2.09. The number of hydrogen-bond acceptors (Lipinski definition) is 4. The van der Waals surface area contributed by atoms with Crippen molar-refractivity contribution in [3.8, 4) is 0 Å². The van der Waals surface area contributed by atoms with Crippen LogP contribution in [0.5, 0.6) is 0 Å². The van der Waals surface area contributed by atoms with Crippen LogP contribution in [0.15, 0.2) is 0 Å². The Kier molecular flexibility index (Phi) is 12.5. The van der Waals surface area contributed by atoms with Gasteiger partial charge in [0, 0.05) is 19.7 Å². The molecule has 0 fully saturated rings. The van der Waals surface area contributed by atoms with Gasteiger partial charge in [-0.15, -0.1) is 0 Å². The Hall–Kier alpha value is -0.160. The molecule has 0 amide bonds. The zero-order chi connectivity index (χ0) is 15.3. The summed E-state index contributed by atoms with van der Waals surface area (Å²) in [6.07, 6.45) is 1.12. The van der Waals surface area contributed by atoms with Crippen molar-refractivity contribution in [3.05, 3.63) is 0 Å². The van der Waals surface area contributed by atoms with E-state index in [2.05, 4.69) is 39.9 Å². The van der Waals surface area contributed by atoms with Gasteiger partial charge in [0.1, 0.15) is 0 Å². The van der Waals surface area contributed by atoms with Crippen LogP contribution in [0.3, 0.4) is 0 Å². The summed E-state index contributed by atoms with van der Waals surface area (Å²) in [7, 11) is 0. The van der Waals surface area contributed by atoms with Crippen molar-refractivity contribution in [3.63, 3.8) is 0 Å². The van der Waals surface area contributed by atoms with Crippen molar-refractivity contribution in [2.45, 2.75) is 41.0 Å². The van der Waals surface area contributed by atoms with E-state index in [0.29, 0.717) is 37.8 Å². The normalized spacial score (nSPS) is 12.3. The predicted octanol–water partition coefficient (Wildman–Crippen LogP) is 2.72. The average molecular weight is 289 g/mol. The quantitative estimate of drug-likeness (QED) is 0.529. The molecule has 0 aromatic rings. The molecule has 4 nitrogen and oxygen atoms in total. The Bertz CT molecular complexity index is 202. The third-order valence-electron chi connectivity index (χ3n) is 2.66. The van der Waals surface area contributed by atoms with Crippen LogP contribution in [-0.4, -0.2) is 52.7 Å². The molecule has 0 atom stereocenters. The van der Waals surface area contributed by atoms with Crippen LogP contribution in [0.25, 0.3) is 0 Å². The van der Waals surface area contributed by atoms with Gasteiger partial charge in [-0.25, -0.2) is 0 Å². The van der Waals surface area contributed by atoms with E-state index in [0.717, 1.165) is 32.7 Å².